The molecule has 0 heterocycles. The molecule has 12 heteroatoms. The number of halogens is 3. The van der Waals surface area contributed by atoms with Gasteiger partial charge in [0.05, 0.1) is 32.3 Å². The first-order valence-electron chi connectivity index (χ1n) is 11.2. The summed E-state index contributed by atoms with van der Waals surface area (Å²) in [5.74, 6) is -7.59. The normalized spacial score (nSPS) is 11.9. The summed E-state index contributed by atoms with van der Waals surface area (Å²) in [5, 5.41) is 0. The minimum absolute atomic E-state index is 0.00987. The van der Waals surface area contributed by atoms with Crippen LogP contribution >= 0.6 is 0 Å². The summed E-state index contributed by atoms with van der Waals surface area (Å²) in [6.45, 7) is 5.00. The molecule has 0 fully saturated rings. The highest BCUT2D eigenvalue weighted by atomic mass is 19.4. The molecule has 0 amide bonds. The third kappa shape index (κ3) is 11.9. The number of benzene rings is 1. The van der Waals surface area contributed by atoms with Gasteiger partial charge in [0.25, 0.3) is 0 Å². The monoisotopic (exact) mass is 530 g/mol. The fourth-order valence-corrected chi connectivity index (χ4v) is 2.84. The smallest absolute Gasteiger partial charge is 0.450 e. The summed E-state index contributed by atoms with van der Waals surface area (Å²) >= 11 is 0. The maximum Gasteiger partial charge on any atom is 0.450 e. The first-order chi connectivity index (χ1) is 17.4. The van der Waals surface area contributed by atoms with Crippen molar-refractivity contribution in [2.75, 3.05) is 33.5 Å². The molecular weight excluding hydrogens is 501 g/mol. The molecule has 0 aromatic heterocycles. The van der Waals surface area contributed by atoms with E-state index in [-0.39, 0.29) is 56.2 Å². The standard InChI is InChI=1S/C25H29F3O9/c1-16(2)24(33)36-11-4-5-22(31)37-18-8-6-17(7-9-18)21(30)15-19(23(32)25(26,27)28)20(29)10-12-35-14-13-34-3/h6-9,19H,1,4-5,10-15H2,2-3H3. The summed E-state index contributed by atoms with van der Waals surface area (Å²) in [6.07, 6.45) is -6.61. The van der Waals surface area contributed by atoms with Gasteiger partial charge in [0, 0.05) is 37.5 Å². The van der Waals surface area contributed by atoms with E-state index in [0.717, 1.165) is 0 Å². The lowest BCUT2D eigenvalue weighted by Crippen LogP contribution is -2.37. The van der Waals surface area contributed by atoms with Gasteiger partial charge in [-0.2, -0.15) is 13.2 Å². The summed E-state index contributed by atoms with van der Waals surface area (Å²) in [7, 11) is 1.42. The molecule has 0 N–H and O–H groups in total. The molecule has 0 saturated carbocycles. The summed E-state index contributed by atoms with van der Waals surface area (Å²) < 4.78 is 58.8. The van der Waals surface area contributed by atoms with Gasteiger partial charge in [0.1, 0.15) is 11.5 Å². The Labute approximate surface area is 211 Å². The highest BCUT2D eigenvalue weighted by Crippen LogP contribution is 2.26. The molecule has 1 aromatic carbocycles. The fraction of sp³-hybridized carbons (Fsp3) is 0.480. The minimum Gasteiger partial charge on any atom is -0.462 e. The Morgan fingerprint density at radius 1 is 0.946 bits per heavy atom. The average molecular weight is 530 g/mol. The van der Waals surface area contributed by atoms with Gasteiger partial charge in [0.2, 0.25) is 5.78 Å². The van der Waals surface area contributed by atoms with E-state index in [1.807, 2.05) is 0 Å². The lowest BCUT2D eigenvalue weighted by Gasteiger charge is -2.16. The first kappa shape index (κ1) is 31.6. The quantitative estimate of drug-likeness (QED) is 0.0744. The van der Waals surface area contributed by atoms with E-state index in [0.29, 0.717) is 0 Å². The van der Waals surface area contributed by atoms with E-state index in [4.69, 9.17) is 18.9 Å². The van der Waals surface area contributed by atoms with E-state index in [9.17, 15) is 37.1 Å². The Morgan fingerprint density at radius 3 is 2.16 bits per heavy atom. The molecule has 9 nitrogen and oxygen atoms in total. The largest absolute Gasteiger partial charge is 0.462 e. The van der Waals surface area contributed by atoms with E-state index in [1.54, 1.807) is 0 Å². The second-order valence-corrected chi connectivity index (χ2v) is 7.88. The van der Waals surface area contributed by atoms with Gasteiger partial charge in [-0.15, -0.1) is 0 Å². The second-order valence-electron chi connectivity index (χ2n) is 7.88. The molecule has 0 aliphatic heterocycles. The number of hydrogen-bond donors (Lipinski definition) is 0. The number of ketones is 3. The van der Waals surface area contributed by atoms with Crippen molar-refractivity contribution in [3.8, 4) is 5.75 Å². The summed E-state index contributed by atoms with van der Waals surface area (Å²) in [6, 6.07) is 4.90. The van der Waals surface area contributed by atoms with Crippen LogP contribution in [-0.2, 0) is 33.4 Å². The molecule has 1 aromatic rings. The Morgan fingerprint density at radius 2 is 1.59 bits per heavy atom. The van der Waals surface area contributed by atoms with Gasteiger partial charge in [-0.1, -0.05) is 6.58 Å². The third-order valence-electron chi connectivity index (χ3n) is 4.81. The molecule has 0 aliphatic carbocycles. The number of methoxy groups -OCH3 is 1. The first-order valence-corrected chi connectivity index (χ1v) is 11.2. The number of carbonyl (C=O) groups excluding carboxylic acids is 5. The van der Waals surface area contributed by atoms with Gasteiger partial charge in [-0.25, -0.2) is 4.79 Å². The number of Topliss-reactive ketones (excluding diaryl/α,β-unsaturated/α-hetero) is 3. The van der Waals surface area contributed by atoms with Crippen LogP contribution in [0, 0.1) is 5.92 Å². The van der Waals surface area contributed by atoms with Crippen LogP contribution in [0.15, 0.2) is 36.4 Å². The van der Waals surface area contributed by atoms with Crippen molar-refractivity contribution in [1.82, 2.24) is 0 Å². The Bertz CT molecular complexity index is 969. The number of esters is 2. The fourth-order valence-electron chi connectivity index (χ4n) is 2.84. The number of rotatable bonds is 17. The molecule has 0 aliphatic rings. The number of ether oxygens (including phenoxy) is 4. The van der Waals surface area contributed by atoms with Gasteiger partial charge in [-0.3, -0.25) is 19.2 Å². The molecule has 0 saturated heterocycles. The van der Waals surface area contributed by atoms with Crippen molar-refractivity contribution in [2.45, 2.75) is 38.8 Å². The van der Waals surface area contributed by atoms with Crippen molar-refractivity contribution in [3.63, 3.8) is 0 Å². The van der Waals surface area contributed by atoms with Crippen LogP contribution in [0.2, 0.25) is 0 Å². The van der Waals surface area contributed by atoms with Crippen molar-refractivity contribution in [1.29, 1.82) is 0 Å². The Hall–Kier alpha value is -3.38. The van der Waals surface area contributed by atoms with Crippen LogP contribution in [0.3, 0.4) is 0 Å². The number of alkyl halides is 3. The second kappa shape index (κ2) is 15.7. The van der Waals surface area contributed by atoms with Gasteiger partial charge in [-0.05, 0) is 37.6 Å². The van der Waals surface area contributed by atoms with Crippen LogP contribution in [0.25, 0.3) is 0 Å². The third-order valence-corrected chi connectivity index (χ3v) is 4.81. The van der Waals surface area contributed by atoms with Gasteiger partial charge < -0.3 is 18.9 Å². The predicted molar refractivity (Wildman–Crippen MR) is 123 cm³/mol. The molecule has 0 spiro atoms. The molecule has 1 atom stereocenters. The zero-order chi connectivity index (χ0) is 28.0. The molecule has 0 bridgehead atoms. The lowest BCUT2D eigenvalue weighted by molar-refractivity contribution is -0.176. The average Bonchev–Trinajstić information content (AvgIpc) is 2.84. The number of carbonyl (C=O) groups is 5. The lowest BCUT2D eigenvalue weighted by atomic mass is 9.89. The SMILES string of the molecule is C=C(C)C(=O)OCCCC(=O)Oc1ccc(C(=O)CC(C(=O)CCOCCOC)C(=O)C(F)(F)F)cc1. The van der Waals surface area contributed by atoms with Crippen LogP contribution in [-0.4, -0.2) is 69.0 Å². The molecule has 0 radical (unpaired) electrons. The van der Waals surface area contributed by atoms with Crippen LogP contribution in [0.4, 0.5) is 13.2 Å². The Balaban J connectivity index is 2.70. The number of hydrogen-bond acceptors (Lipinski definition) is 9. The molecule has 204 valence electrons. The zero-order valence-corrected chi connectivity index (χ0v) is 20.6. The highest BCUT2D eigenvalue weighted by Gasteiger charge is 2.46. The summed E-state index contributed by atoms with van der Waals surface area (Å²) in [4.78, 5) is 59.8. The van der Waals surface area contributed by atoms with Gasteiger partial charge in [0.15, 0.2) is 5.78 Å². The van der Waals surface area contributed by atoms with Crippen molar-refractivity contribution < 1.29 is 56.1 Å². The Kier molecular flexibility index (Phi) is 13.4. The highest BCUT2D eigenvalue weighted by molar-refractivity contribution is 6.09. The van der Waals surface area contributed by atoms with E-state index < -0.39 is 54.2 Å². The molecule has 1 rings (SSSR count). The van der Waals surface area contributed by atoms with Crippen molar-refractivity contribution in [3.05, 3.63) is 42.0 Å². The van der Waals surface area contributed by atoms with Crippen LogP contribution < -0.4 is 4.74 Å². The maximum absolute atomic E-state index is 13.0. The van der Waals surface area contributed by atoms with E-state index in [2.05, 4.69) is 6.58 Å². The molecular formula is C25H29F3O9. The topological polar surface area (TPSA) is 122 Å². The zero-order valence-electron chi connectivity index (χ0n) is 20.6. The molecule has 37 heavy (non-hydrogen) atoms. The van der Waals surface area contributed by atoms with Crippen LogP contribution in [0.5, 0.6) is 5.75 Å². The predicted octanol–water partition coefficient (Wildman–Crippen LogP) is 3.43. The minimum atomic E-state index is -5.29. The van der Waals surface area contributed by atoms with E-state index >= 15 is 0 Å². The maximum atomic E-state index is 13.0. The van der Waals surface area contributed by atoms with Crippen molar-refractivity contribution >= 4 is 29.3 Å². The molecule has 1 unspecified atom stereocenters. The van der Waals surface area contributed by atoms with E-state index in [1.165, 1.54) is 38.3 Å². The van der Waals surface area contributed by atoms with Crippen molar-refractivity contribution in [2.24, 2.45) is 5.92 Å². The van der Waals surface area contributed by atoms with Gasteiger partial charge >= 0.3 is 18.1 Å². The van der Waals surface area contributed by atoms with Crippen LogP contribution in [0.1, 0.15) is 43.0 Å². The summed E-state index contributed by atoms with van der Waals surface area (Å²) in [5.41, 5.74) is 0.151.